The highest BCUT2D eigenvalue weighted by molar-refractivity contribution is 6.17. The molecule has 0 atom stereocenters. The average molecular weight is 111 g/mol. The van der Waals surface area contributed by atoms with Crippen molar-refractivity contribution in [1.82, 2.24) is 0 Å². The summed E-state index contributed by atoms with van der Waals surface area (Å²) in [5.41, 5.74) is 0. The Morgan fingerprint density at radius 2 is 2.17 bits per heavy atom. The van der Waals surface area contributed by atoms with Crippen molar-refractivity contribution in [3.63, 3.8) is 0 Å². The summed E-state index contributed by atoms with van der Waals surface area (Å²) in [5.74, 6) is 0.594. The van der Waals surface area contributed by atoms with E-state index >= 15 is 0 Å². The van der Waals surface area contributed by atoms with Gasteiger partial charge in [0.05, 0.1) is 6.61 Å². The third-order valence-corrected chi connectivity index (χ3v) is 0.436. The Hall–Kier alpha value is 0.250. The van der Waals surface area contributed by atoms with Crippen LogP contribution in [0.15, 0.2) is 0 Å². The van der Waals surface area contributed by atoms with Crippen molar-refractivity contribution in [2.75, 3.05) is 19.6 Å². The van der Waals surface area contributed by atoms with E-state index in [1.54, 1.807) is 7.11 Å². The number of hydrogen-bond acceptors (Lipinski definition) is 1. The predicted molar refractivity (Wildman–Crippen MR) is 29.3 cm³/mol. The van der Waals surface area contributed by atoms with E-state index in [1.807, 2.05) is 0 Å². The molecular weight excluding hydrogens is 99.5 g/mol. The molecule has 0 heterocycles. The van der Waals surface area contributed by atoms with Crippen LogP contribution in [0.3, 0.4) is 0 Å². The van der Waals surface area contributed by atoms with Gasteiger partial charge in [0.2, 0.25) is 0 Å². The summed E-state index contributed by atoms with van der Waals surface area (Å²) < 4.78 is 4.56. The maximum atomic E-state index is 5.18. The molecule has 1 nitrogen and oxygen atoms in total. The fourth-order valence-corrected chi connectivity index (χ4v) is 0.231. The summed E-state index contributed by atoms with van der Waals surface area (Å²) in [5, 5.41) is 0. The normalized spacial score (nSPS) is 7.00. The van der Waals surface area contributed by atoms with Gasteiger partial charge in [-0.1, -0.05) is 7.43 Å². The summed E-state index contributed by atoms with van der Waals surface area (Å²) in [4.78, 5) is 0. The summed E-state index contributed by atoms with van der Waals surface area (Å²) >= 11 is 5.18. The molecule has 0 saturated heterocycles. The molecule has 0 N–H and O–H groups in total. The number of ether oxygens (including phenoxy) is 1. The molecule has 0 saturated carbocycles. The number of rotatable bonds is 2. The highest BCUT2D eigenvalue weighted by Crippen LogP contribution is 1.70. The second-order valence-corrected chi connectivity index (χ2v) is 1.06. The third kappa shape index (κ3) is 8.87. The smallest absolute Gasteiger partial charge is 0.0597 e. The van der Waals surface area contributed by atoms with Gasteiger partial charge < -0.3 is 4.74 Å². The average Bonchev–Trinajstić information content (AvgIpc) is 1.41. The van der Waals surface area contributed by atoms with Crippen molar-refractivity contribution in [3.8, 4) is 0 Å². The molecule has 0 aliphatic carbocycles. The van der Waals surface area contributed by atoms with E-state index in [4.69, 9.17) is 11.6 Å². The fourth-order valence-electron chi connectivity index (χ4n) is 0.0772. The molecule has 0 aromatic rings. The first-order valence-corrected chi connectivity index (χ1v) is 2.00. The highest BCUT2D eigenvalue weighted by atomic mass is 35.5. The van der Waals surface area contributed by atoms with Crippen molar-refractivity contribution >= 4 is 11.6 Å². The van der Waals surface area contributed by atoms with E-state index in [-0.39, 0.29) is 7.43 Å². The van der Waals surface area contributed by atoms with Crippen LogP contribution >= 0.6 is 11.6 Å². The quantitative estimate of drug-likeness (QED) is 0.490. The molecule has 40 valence electrons. The van der Waals surface area contributed by atoms with Gasteiger partial charge in [-0.3, -0.25) is 0 Å². The van der Waals surface area contributed by atoms with Crippen molar-refractivity contribution in [1.29, 1.82) is 0 Å². The number of alkyl halides is 1. The molecule has 0 aromatic carbocycles. The lowest BCUT2D eigenvalue weighted by Crippen LogP contribution is -1.85. The molecule has 0 aliphatic rings. The van der Waals surface area contributed by atoms with E-state index in [2.05, 4.69) is 4.74 Å². The molecule has 6 heavy (non-hydrogen) atoms. The second-order valence-electron chi connectivity index (χ2n) is 0.682. The zero-order chi connectivity index (χ0) is 4.12. The maximum absolute atomic E-state index is 5.18. The molecule has 0 spiro atoms. The van der Waals surface area contributed by atoms with E-state index in [9.17, 15) is 0 Å². The molecule has 2 heteroatoms. The van der Waals surface area contributed by atoms with Gasteiger partial charge in [0, 0.05) is 13.0 Å². The Labute approximate surface area is 44.3 Å². The lowest BCUT2D eigenvalue weighted by Gasteiger charge is -1.82. The third-order valence-electron chi connectivity index (χ3n) is 0.281. The van der Waals surface area contributed by atoms with Gasteiger partial charge >= 0.3 is 0 Å². The van der Waals surface area contributed by atoms with Crippen LogP contribution in [0.2, 0.25) is 0 Å². The fraction of sp³-hybridized carbons (Fsp3) is 1.00. The Bertz CT molecular complexity index is 15.0. The Morgan fingerprint density at radius 3 is 2.17 bits per heavy atom. The van der Waals surface area contributed by atoms with Crippen LogP contribution < -0.4 is 0 Å². The Kier molecular flexibility index (Phi) is 14.3. The first kappa shape index (κ1) is 9.54. The predicted octanol–water partition coefficient (Wildman–Crippen LogP) is 1.51. The minimum atomic E-state index is 0. The maximum Gasteiger partial charge on any atom is 0.0597 e. The minimum Gasteiger partial charge on any atom is -0.383 e. The van der Waals surface area contributed by atoms with E-state index in [1.165, 1.54) is 0 Å². The zero-order valence-corrected chi connectivity index (χ0v) is 3.96. The first-order chi connectivity index (χ1) is 2.41. The Morgan fingerprint density at radius 1 is 1.67 bits per heavy atom. The van der Waals surface area contributed by atoms with Gasteiger partial charge in [-0.05, 0) is 0 Å². The number of halogens is 1. The van der Waals surface area contributed by atoms with Gasteiger partial charge in [0.1, 0.15) is 0 Å². The monoisotopic (exact) mass is 110 g/mol. The minimum absolute atomic E-state index is 0. The van der Waals surface area contributed by atoms with Gasteiger partial charge in [0.15, 0.2) is 0 Å². The molecule has 0 aromatic heterocycles. The van der Waals surface area contributed by atoms with Gasteiger partial charge in [0.25, 0.3) is 0 Å². The van der Waals surface area contributed by atoms with Crippen LogP contribution in [0.4, 0.5) is 0 Å². The molecule has 0 fully saturated rings. The zero-order valence-electron chi connectivity index (χ0n) is 3.20. The van der Waals surface area contributed by atoms with Crippen LogP contribution in [0.25, 0.3) is 0 Å². The highest BCUT2D eigenvalue weighted by Gasteiger charge is 1.68. The van der Waals surface area contributed by atoms with Crippen LogP contribution in [0.1, 0.15) is 7.43 Å². The summed E-state index contributed by atoms with van der Waals surface area (Å²) in [6.07, 6.45) is 0. The lowest BCUT2D eigenvalue weighted by atomic mass is 10.9. The molecule has 0 amide bonds. The Balaban J connectivity index is 0. The van der Waals surface area contributed by atoms with Gasteiger partial charge in [-0.15, -0.1) is 11.6 Å². The molecule has 0 rings (SSSR count). The molecule has 0 bridgehead atoms. The molecule has 0 unspecified atom stereocenters. The topological polar surface area (TPSA) is 9.23 Å². The number of methoxy groups -OCH3 is 1. The molecule has 0 radical (unpaired) electrons. The molecular formula is C4H11ClO. The van der Waals surface area contributed by atoms with Crippen LogP contribution in [-0.4, -0.2) is 19.6 Å². The van der Waals surface area contributed by atoms with Crippen LogP contribution in [0.5, 0.6) is 0 Å². The number of hydrogen-bond donors (Lipinski definition) is 0. The first-order valence-electron chi connectivity index (χ1n) is 1.46. The van der Waals surface area contributed by atoms with Crippen molar-refractivity contribution in [3.05, 3.63) is 0 Å². The lowest BCUT2D eigenvalue weighted by molar-refractivity contribution is 0.218. The summed E-state index contributed by atoms with van der Waals surface area (Å²) in [6.45, 7) is 0.654. The summed E-state index contributed by atoms with van der Waals surface area (Å²) in [7, 11) is 1.63. The SMILES string of the molecule is C.COCCCl. The van der Waals surface area contributed by atoms with Crippen LogP contribution in [0, 0.1) is 0 Å². The standard InChI is InChI=1S/C3H7ClO.CH4/c1-5-3-2-4;/h2-3H2,1H3;1H4. The van der Waals surface area contributed by atoms with E-state index in [0.29, 0.717) is 12.5 Å². The largest absolute Gasteiger partial charge is 0.383 e. The van der Waals surface area contributed by atoms with Gasteiger partial charge in [-0.25, -0.2) is 0 Å². The molecule has 0 aliphatic heterocycles. The van der Waals surface area contributed by atoms with E-state index < -0.39 is 0 Å². The second kappa shape index (κ2) is 8.98. The van der Waals surface area contributed by atoms with Crippen molar-refractivity contribution in [2.24, 2.45) is 0 Å². The van der Waals surface area contributed by atoms with E-state index in [0.717, 1.165) is 0 Å². The van der Waals surface area contributed by atoms with Crippen molar-refractivity contribution < 1.29 is 4.74 Å². The van der Waals surface area contributed by atoms with Crippen molar-refractivity contribution in [2.45, 2.75) is 7.43 Å². The van der Waals surface area contributed by atoms with Crippen LogP contribution in [-0.2, 0) is 4.74 Å². The summed E-state index contributed by atoms with van der Waals surface area (Å²) in [6, 6.07) is 0. The van der Waals surface area contributed by atoms with Gasteiger partial charge in [-0.2, -0.15) is 0 Å².